The Morgan fingerprint density at radius 2 is 1.94 bits per heavy atom. The molecule has 0 aliphatic heterocycles. The molecule has 1 aromatic rings. The van der Waals surface area contributed by atoms with E-state index in [1.807, 2.05) is 14.1 Å². The first kappa shape index (κ1) is 13.0. The number of likely N-dealkylation sites (N-methyl/N-ethyl adjacent to an activating group) is 2. The predicted molar refractivity (Wildman–Crippen MR) is 68.2 cm³/mol. The standard InChI is InChI=1S/C13H22N2O/c1-9-6-10(2)13(12(7-9)16-5)11(15-4)8-14-3/h6-7,11,14-15H,8H2,1-5H3. The molecule has 3 heteroatoms. The first-order valence-electron chi connectivity index (χ1n) is 5.61. The van der Waals surface area contributed by atoms with Gasteiger partial charge in [-0.25, -0.2) is 0 Å². The van der Waals surface area contributed by atoms with E-state index in [1.54, 1.807) is 7.11 Å². The van der Waals surface area contributed by atoms with E-state index >= 15 is 0 Å². The molecular formula is C13H22N2O. The summed E-state index contributed by atoms with van der Waals surface area (Å²) in [6, 6.07) is 4.56. The Balaban J connectivity index is 3.18. The van der Waals surface area contributed by atoms with E-state index in [4.69, 9.17) is 4.74 Å². The van der Waals surface area contributed by atoms with Crippen molar-refractivity contribution in [3.05, 3.63) is 28.8 Å². The molecule has 0 radical (unpaired) electrons. The van der Waals surface area contributed by atoms with Crippen LogP contribution in [-0.4, -0.2) is 27.7 Å². The molecule has 0 amide bonds. The van der Waals surface area contributed by atoms with E-state index in [9.17, 15) is 0 Å². The topological polar surface area (TPSA) is 33.3 Å². The molecule has 1 aromatic carbocycles. The van der Waals surface area contributed by atoms with Crippen LogP contribution >= 0.6 is 0 Å². The number of benzene rings is 1. The SMILES string of the molecule is CNCC(NC)c1c(C)cc(C)cc1OC. The molecule has 3 nitrogen and oxygen atoms in total. The van der Waals surface area contributed by atoms with E-state index in [1.165, 1.54) is 16.7 Å². The predicted octanol–water partition coefficient (Wildman–Crippen LogP) is 1.79. The van der Waals surface area contributed by atoms with E-state index < -0.39 is 0 Å². The lowest BCUT2D eigenvalue weighted by Gasteiger charge is -2.22. The lowest BCUT2D eigenvalue weighted by Crippen LogP contribution is -2.28. The highest BCUT2D eigenvalue weighted by atomic mass is 16.5. The number of hydrogen-bond acceptors (Lipinski definition) is 3. The number of nitrogens with one attached hydrogen (secondary N) is 2. The van der Waals surface area contributed by atoms with Crippen LogP contribution in [0.4, 0.5) is 0 Å². The van der Waals surface area contributed by atoms with Gasteiger partial charge in [0.25, 0.3) is 0 Å². The van der Waals surface area contributed by atoms with Crippen LogP contribution in [0.15, 0.2) is 12.1 Å². The fourth-order valence-corrected chi connectivity index (χ4v) is 2.11. The van der Waals surface area contributed by atoms with Crippen LogP contribution in [-0.2, 0) is 0 Å². The molecule has 0 spiro atoms. The summed E-state index contributed by atoms with van der Waals surface area (Å²) in [5.41, 5.74) is 3.74. The zero-order valence-corrected chi connectivity index (χ0v) is 10.8. The van der Waals surface area contributed by atoms with Crippen LogP contribution in [0.2, 0.25) is 0 Å². The fraction of sp³-hybridized carbons (Fsp3) is 0.538. The molecular weight excluding hydrogens is 200 g/mol. The lowest BCUT2D eigenvalue weighted by atomic mass is 9.97. The average molecular weight is 222 g/mol. The third-order valence-corrected chi connectivity index (χ3v) is 2.82. The quantitative estimate of drug-likeness (QED) is 0.797. The number of rotatable bonds is 5. The number of aryl methyl sites for hydroxylation is 2. The maximum absolute atomic E-state index is 5.47. The van der Waals surface area contributed by atoms with Crippen molar-refractivity contribution in [3.8, 4) is 5.75 Å². The Bertz CT molecular complexity index is 350. The molecule has 0 heterocycles. The molecule has 16 heavy (non-hydrogen) atoms. The summed E-state index contributed by atoms with van der Waals surface area (Å²) in [5, 5.41) is 6.50. The van der Waals surface area contributed by atoms with Crippen molar-refractivity contribution >= 4 is 0 Å². The highest BCUT2D eigenvalue weighted by Crippen LogP contribution is 2.29. The second kappa shape index (κ2) is 5.87. The summed E-state index contributed by atoms with van der Waals surface area (Å²) < 4.78 is 5.47. The molecule has 0 saturated carbocycles. The van der Waals surface area contributed by atoms with Gasteiger partial charge >= 0.3 is 0 Å². The second-order valence-corrected chi connectivity index (χ2v) is 4.10. The van der Waals surface area contributed by atoms with Gasteiger partial charge in [0.05, 0.1) is 7.11 Å². The molecule has 1 unspecified atom stereocenters. The molecule has 0 bridgehead atoms. The molecule has 0 aliphatic carbocycles. The average Bonchev–Trinajstić information content (AvgIpc) is 2.25. The van der Waals surface area contributed by atoms with E-state index in [0.717, 1.165) is 12.3 Å². The monoisotopic (exact) mass is 222 g/mol. The van der Waals surface area contributed by atoms with Gasteiger partial charge in [-0.2, -0.15) is 0 Å². The Morgan fingerprint density at radius 1 is 1.25 bits per heavy atom. The smallest absolute Gasteiger partial charge is 0.124 e. The van der Waals surface area contributed by atoms with Gasteiger partial charge in [-0.15, -0.1) is 0 Å². The van der Waals surface area contributed by atoms with Crippen LogP contribution in [0.3, 0.4) is 0 Å². The molecule has 0 aliphatic rings. The van der Waals surface area contributed by atoms with Gasteiger partial charge in [0.1, 0.15) is 5.75 Å². The fourth-order valence-electron chi connectivity index (χ4n) is 2.11. The van der Waals surface area contributed by atoms with Gasteiger partial charge in [0, 0.05) is 18.2 Å². The molecule has 1 rings (SSSR count). The van der Waals surface area contributed by atoms with Crippen molar-refractivity contribution in [1.82, 2.24) is 10.6 Å². The van der Waals surface area contributed by atoms with Crippen LogP contribution in [0.5, 0.6) is 5.75 Å². The number of ether oxygens (including phenoxy) is 1. The van der Waals surface area contributed by atoms with Gasteiger partial charge in [-0.1, -0.05) is 6.07 Å². The van der Waals surface area contributed by atoms with E-state index in [2.05, 4.69) is 36.6 Å². The molecule has 2 N–H and O–H groups in total. The molecule has 0 saturated heterocycles. The zero-order valence-electron chi connectivity index (χ0n) is 10.8. The van der Waals surface area contributed by atoms with Crippen molar-refractivity contribution in [2.45, 2.75) is 19.9 Å². The van der Waals surface area contributed by atoms with Crippen molar-refractivity contribution in [2.24, 2.45) is 0 Å². The minimum atomic E-state index is 0.278. The Labute approximate surface area is 98.2 Å². The number of methoxy groups -OCH3 is 1. The van der Waals surface area contributed by atoms with Gasteiger partial charge in [0.2, 0.25) is 0 Å². The summed E-state index contributed by atoms with van der Waals surface area (Å²) >= 11 is 0. The van der Waals surface area contributed by atoms with Crippen molar-refractivity contribution in [3.63, 3.8) is 0 Å². The minimum absolute atomic E-state index is 0.278. The van der Waals surface area contributed by atoms with Gasteiger partial charge in [0.15, 0.2) is 0 Å². The van der Waals surface area contributed by atoms with Crippen LogP contribution < -0.4 is 15.4 Å². The molecule has 1 atom stereocenters. The zero-order chi connectivity index (χ0) is 12.1. The summed E-state index contributed by atoms with van der Waals surface area (Å²) in [6.07, 6.45) is 0. The van der Waals surface area contributed by atoms with Gasteiger partial charge in [-0.05, 0) is 45.1 Å². The lowest BCUT2D eigenvalue weighted by molar-refractivity contribution is 0.399. The molecule has 0 fully saturated rings. The number of hydrogen-bond donors (Lipinski definition) is 2. The van der Waals surface area contributed by atoms with Crippen LogP contribution in [0.1, 0.15) is 22.7 Å². The van der Waals surface area contributed by atoms with Crippen molar-refractivity contribution in [1.29, 1.82) is 0 Å². The maximum atomic E-state index is 5.47. The minimum Gasteiger partial charge on any atom is -0.496 e. The van der Waals surface area contributed by atoms with Crippen LogP contribution in [0, 0.1) is 13.8 Å². The van der Waals surface area contributed by atoms with E-state index in [-0.39, 0.29) is 6.04 Å². The largest absolute Gasteiger partial charge is 0.496 e. The second-order valence-electron chi connectivity index (χ2n) is 4.10. The highest BCUT2D eigenvalue weighted by molar-refractivity contribution is 5.45. The van der Waals surface area contributed by atoms with Gasteiger partial charge < -0.3 is 15.4 Å². The Morgan fingerprint density at radius 3 is 2.44 bits per heavy atom. The summed E-state index contributed by atoms with van der Waals surface area (Å²) in [5.74, 6) is 0.965. The summed E-state index contributed by atoms with van der Waals surface area (Å²) in [4.78, 5) is 0. The van der Waals surface area contributed by atoms with Gasteiger partial charge in [-0.3, -0.25) is 0 Å². The summed E-state index contributed by atoms with van der Waals surface area (Å²) in [6.45, 7) is 5.10. The van der Waals surface area contributed by atoms with E-state index in [0.29, 0.717) is 0 Å². The maximum Gasteiger partial charge on any atom is 0.124 e. The first-order valence-corrected chi connectivity index (χ1v) is 5.61. The summed E-state index contributed by atoms with van der Waals surface area (Å²) in [7, 11) is 5.66. The Kier molecular flexibility index (Phi) is 4.77. The first-order chi connectivity index (χ1) is 7.63. The highest BCUT2D eigenvalue weighted by Gasteiger charge is 2.16. The normalized spacial score (nSPS) is 12.6. The van der Waals surface area contributed by atoms with Crippen molar-refractivity contribution < 1.29 is 4.74 Å². The molecule has 0 aromatic heterocycles. The third-order valence-electron chi connectivity index (χ3n) is 2.82. The third kappa shape index (κ3) is 2.74. The molecule has 90 valence electrons. The van der Waals surface area contributed by atoms with Crippen LogP contribution in [0.25, 0.3) is 0 Å². The Hall–Kier alpha value is -1.06. The van der Waals surface area contributed by atoms with Crippen molar-refractivity contribution in [2.75, 3.05) is 27.7 Å².